The SMILES string of the molecule is CCC(CO)NCc1cccc(OC(C)C)c1. The van der Waals surface area contributed by atoms with E-state index >= 15 is 0 Å². The van der Waals surface area contributed by atoms with Crippen LogP contribution in [0.3, 0.4) is 0 Å². The number of ether oxygens (including phenoxy) is 1. The van der Waals surface area contributed by atoms with Gasteiger partial charge in [0.1, 0.15) is 5.75 Å². The number of rotatable bonds is 7. The van der Waals surface area contributed by atoms with Crippen molar-refractivity contribution in [3.8, 4) is 5.75 Å². The fourth-order valence-electron chi connectivity index (χ4n) is 1.60. The van der Waals surface area contributed by atoms with Gasteiger partial charge in [-0.25, -0.2) is 0 Å². The minimum Gasteiger partial charge on any atom is -0.491 e. The molecule has 1 atom stereocenters. The Balaban J connectivity index is 2.53. The monoisotopic (exact) mass is 237 g/mol. The lowest BCUT2D eigenvalue weighted by Crippen LogP contribution is -2.31. The molecule has 0 spiro atoms. The molecule has 1 aromatic rings. The lowest BCUT2D eigenvalue weighted by Gasteiger charge is -2.15. The Labute approximate surface area is 104 Å². The number of benzene rings is 1. The van der Waals surface area contributed by atoms with Crippen LogP contribution in [-0.4, -0.2) is 23.9 Å². The number of aliphatic hydroxyl groups is 1. The highest BCUT2D eigenvalue weighted by Gasteiger charge is 2.04. The van der Waals surface area contributed by atoms with Crippen molar-refractivity contribution in [1.82, 2.24) is 5.32 Å². The summed E-state index contributed by atoms with van der Waals surface area (Å²) in [5, 5.41) is 12.4. The van der Waals surface area contributed by atoms with Gasteiger partial charge in [-0.05, 0) is 38.0 Å². The van der Waals surface area contributed by atoms with E-state index in [2.05, 4.69) is 18.3 Å². The van der Waals surface area contributed by atoms with Crippen molar-refractivity contribution in [2.45, 2.75) is 45.9 Å². The Morgan fingerprint density at radius 2 is 2.12 bits per heavy atom. The van der Waals surface area contributed by atoms with Crippen LogP contribution in [0.5, 0.6) is 5.75 Å². The molecular weight excluding hydrogens is 214 g/mol. The molecule has 1 unspecified atom stereocenters. The Morgan fingerprint density at radius 1 is 1.35 bits per heavy atom. The molecule has 0 aliphatic rings. The highest BCUT2D eigenvalue weighted by atomic mass is 16.5. The molecule has 17 heavy (non-hydrogen) atoms. The van der Waals surface area contributed by atoms with Gasteiger partial charge >= 0.3 is 0 Å². The van der Waals surface area contributed by atoms with Crippen LogP contribution in [0.15, 0.2) is 24.3 Å². The van der Waals surface area contributed by atoms with Gasteiger partial charge in [-0.1, -0.05) is 19.1 Å². The molecule has 3 heteroatoms. The predicted molar refractivity (Wildman–Crippen MR) is 70.2 cm³/mol. The maximum Gasteiger partial charge on any atom is 0.120 e. The molecule has 1 aromatic carbocycles. The first-order valence-corrected chi connectivity index (χ1v) is 6.25. The molecule has 0 bridgehead atoms. The molecule has 3 nitrogen and oxygen atoms in total. The normalized spacial score (nSPS) is 12.8. The van der Waals surface area contributed by atoms with Crippen molar-refractivity contribution in [3.05, 3.63) is 29.8 Å². The predicted octanol–water partition coefficient (Wildman–Crippen LogP) is 2.33. The lowest BCUT2D eigenvalue weighted by atomic mass is 10.2. The Morgan fingerprint density at radius 3 is 2.71 bits per heavy atom. The van der Waals surface area contributed by atoms with E-state index in [0.29, 0.717) is 0 Å². The summed E-state index contributed by atoms with van der Waals surface area (Å²) >= 11 is 0. The van der Waals surface area contributed by atoms with E-state index in [0.717, 1.165) is 18.7 Å². The van der Waals surface area contributed by atoms with Crippen LogP contribution >= 0.6 is 0 Å². The number of hydrogen-bond donors (Lipinski definition) is 2. The summed E-state index contributed by atoms with van der Waals surface area (Å²) in [6, 6.07) is 8.23. The third kappa shape index (κ3) is 5.20. The van der Waals surface area contributed by atoms with Crippen LogP contribution in [-0.2, 0) is 6.54 Å². The quantitative estimate of drug-likeness (QED) is 0.765. The Kier molecular flexibility index (Phi) is 6.01. The average Bonchev–Trinajstić information content (AvgIpc) is 2.30. The average molecular weight is 237 g/mol. The van der Waals surface area contributed by atoms with Gasteiger partial charge in [-0.15, -0.1) is 0 Å². The van der Waals surface area contributed by atoms with Gasteiger partial charge in [-0.3, -0.25) is 0 Å². The number of aliphatic hydroxyl groups excluding tert-OH is 1. The van der Waals surface area contributed by atoms with E-state index in [1.54, 1.807) is 0 Å². The third-order valence-electron chi connectivity index (χ3n) is 2.58. The maximum absolute atomic E-state index is 9.09. The fourth-order valence-corrected chi connectivity index (χ4v) is 1.60. The molecule has 0 aliphatic heterocycles. The first-order valence-electron chi connectivity index (χ1n) is 6.25. The van der Waals surface area contributed by atoms with Crippen LogP contribution in [0.4, 0.5) is 0 Å². The minimum atomic E-state index is 0.171. The van der Waals surface area contributed by atoms with Crippen molar-refractivity contribution >= 4 is 0 Å². The largest absolute Gasteiger partial charge is 0.491 e. The first-order chi connectivity index (χ1) is 8.15. The standard InChI is InChI=1S/C14H23NO2/c1-4-13(10-16)15-9-12-6-5-7-14(8-12)17-11(2)3/h5-8,11,13,15-16H,4,9-10H2,1-3H3. The number of nitrogens with one attached hydrogen (secondary N) is 1. The molecule has 0 aromatic heterocycles. The lowest BCUT2D eigenvalue weighted by molar-refractivity contribution is 0.237. The molecule has 1 rings (SSSR count). The molecule has 0 fully saturated rings. The first kappa shape index (κ1) is 14.0. The van der Waals surface area contributed by atoms with E-state index < -0.39 is 0 Å². The van der Waals surface area contributed by atoms with Crippen LogP contribution in [0.25, 0.3) is 0 Å². The van der Waals surface area contributed by atoms with Crippen LogP contribution in [0.1, 0.15) is 32.8 Å². The highest BCUT2D eigenvalue weighted by Crippen LogP contribution is 2.14. The van der Waals surface area contributed by atoms with Gasteiger partial charge < -0.3 is 15.2 Å². The zero-order valence-electron chi connectivity index (χ0n) is 10.9. The highest BCUT2D eigenvalue weighted by molar-refractivity contribution is 5.28. The third-order valence-corrected chi connectivity index (χ3v) is 2.58. The van der Waals surface area contributed by atoms with E-state index in [-0.39, 0.29) is 18.8 Å². The molecule has 0 saturated carbocycles. The molecule has 0 heterocycles. The fraction of sp³-hybridized carbons (Fsp3) is 0.571. The second-order valence-corrected chi connectivity index (χ2v) is 4.48. The summed E-state index contributed by atoms with van der Waals surface area (Å²) in [6.07, 6.45) is 1.12. The molecular formula is C14H23NO2. The number of hydrogen-bond acceptors (Lipinski definition) is 3. The maximum atomic E-state index is 9.09. The van der Waals surface area contributed by atoms with E-state index in [1.807, 2.05) is 32.0 Å². The topological polar surface area (TPSA) is 41.5 Å². The summed E-state index contributed by atoms with van der Waals surface area (Å²) in [6.45, 7) is 7.03. The summed E-state index contributed by atoms with van der Waals surface area (Å²) in [7, 11) is 0. The summed E-state index contributed by atoms with van der Waals surface area (Å²) < 4.78 is 5.64. The van der Waals surface area contributed by atoms with Gasteiger partial charge in [0.25, 0.3) is 0 Å². The van der Waals surface area contributed by atoms with E-state index in [4.69, 9.17) is 9.84 Å². The van der Waals surface area contributed by atoms with Crippen LogP contribution in [0, 0.1) is 0 Å². The molecule has 96 valence electrons. The summed E-state index contributed by atoms with van der Waals surface area (Å²) in [5.74, 6) is 0.899. The van der Waals surface area contributed by atoms with Gasteiger partial charge in [0, 0.05) is 12.6 Å². The van der Waals surface area contributed by atoms with Crippen molar-refractivity contribution in [1.29, 1.82) is 0 Å². The van der Waals surface area contributed by atoms with Crippen molar-refractivity contribution < 1.29 is 9.84 Å². The van der Waals surface area contributed by atoms with Gasteiger partial charge in [0.2, 0.25) is 0 Å². The van der Waals surface area contributed by atoms with Crippen LogP contribution < -0.4 is 10.1 Å². The molecule has 0 amide bonds. The minimum absolute atomic E-state index is 0.171. The molecule has 2 N–H and O–H groups in total. The van der Waals surface area contributed by atoms with Gasteiger partial charge in [-0.2, -0.15) is 0 Å². The zero-order valence-corrected chi connectivity index (χ0v) is 10.9. The van der Waals surface area contributed by atoms with Gasteiger partial charge in [0.05, 0.1) is 12.7 Å². The van der Waals surface area contributed by atoms with E-state index in [1.165, 1.54) is 5.56 Å². The van der Waals surface area contributed by atoms with E-state index in [9.17, 15) is 0 Å². The molecule has 0 radical (unpaired) electrons. The smallest absolute Gasteiger partial charge is 0.120 e. The Bertz CT molecular complexity index is 322. The van der Waals surface area contributed by atoms with Crippen molar-refractivity contribution in [2.24, 2.45) is 0 Å². The molecule has 0 saturated heterocycles. The second kappa shape index (κ2) is 7.30. The summed E-state index contributed by atoms with van der Waals surface area (Å²) in [4.78, 5) is 0. The van der Waals surface area contributed by atoms with Gasteiger partial charge in [0.15, 0.2) is 0 Å². The van der Waals surface area contributed by atoms with Crippen molar-refractivity contribution in [3.63, 3.8) is 0 Å². The van der Waals surface area contributed by atoms with Crippen molar-refractivity contribution in [2.75, 3.05) is 6.61 Å². The Hall–Kier alpha value is -1.06. The molecule has 0 aliphatic carbocycles. The second-order valence-electron chi connectivity index (χ2n) is 4.48. The van der Waals surface area contributed by atoms with Crippen LogP contribution in [0.2, 0.25) is 0 Å². The summed E-state index contributed by atoms with van der Waals surface area (Å²) in [5.41, 5.74) is 1.18. The zero-order chi connectivity index (χ0) is 12.7.